The van der Waals surface area contributed by atoms with Crippen molar-refractivity contribution in [1.82, 2.24) is 33.8 Å². The minimum atomic E-state index is 0. The summed E-state index contributed by atoms with van der Waals surface area (Å²) < 4.78 is 10.8. The van der Waals surface area contributed by atoms with Crippen molar-refractivity contribution in [3.8, 4) is 24.3 Å². The molecule has 16 nitrogen and oxygen atoms in total. The van der Waals surface area contributed by atoms with Crippen LogP contribution >= 0.6 is 48.9 Å². The number of pyridine rings is 4. The summed E-state index contributed by atoms with van der Waals surface area (Å²) in [6, 6.07) is 8.76. The molecule has 0 amide bonds. The van der Waals surface area contributed by atoms with Crippen LogP contribution in [-0.4, -0.2) is 75.0 Å². The second-order valence-electron chi connectivity index (χ2n) is 16.7. The molecule has 8 rings (SSSR count). The number of nitrogens with one attached hydrogen (secondary N) is 2. The molecule has 4 aliphatic rings. The highest BCUT2D eigenvalue weighted by Gasteiger charge is 2.29. The lowest BCUT2D eigenvalue weighted by Crippen LogP contribution is -3.00. The number of anilines is 4. The fourth-order valence-electron chi connectivity index (χ4n) is 8.38. The standard InChI is InChI=1S/C12H16N4S.C11H14N4S.2C10H12N4S.HI/c1-15-11(14)9(6-13)8-4-5-16(2,3)7-10(8)12(15)17;1-14-4-3-7-8(5-12)10(13)15(2)11(16)9(7)6-14;2*1-14-9(12)7(4-11)6-2-3-13-5-8(6)10(14)15;/h4-5,7H2,1-3H3,(H-,14,17);3-4,6,13H2,1-2H3;2*13H,2-3,5,12H2,1H3;1H. The van der Waals surface area contributed by atoms with Crippen LogP contribution in [0.3, 0.4) is 0 Å². The van der Waals surface area contributed by atoms with Gasteiger partial charge in [0, 0.05) is 83.0 Å². The topological polar surface area (TPSA) is 246 Å². The molecule has 0 saturated carbocycles. The van der Waals surface area contributed by atoms with Crippen LogP contribution in [0, 0.1) is 63.9 Å². The molecule has 0 saturated heterocycles. The average Bonchev–Trinajstić information content (AvgIpc) is 3.28. The van der Waals surface area contributed by atoms with Crippen molar-refractivity contribution < 1.29 is 28.5 Å². The summed E-state index contributed by atoms with van der Waals surface area (Å²) in [6.07, 6.45) is 3.38. The molecule has 21 heteroatoms. The zero-order valence-corrected chi connectivity index (χ0v) is 42.7. The van der Waals surface area contributed by atoms with Gasteiger partial charge in [-0.15, -0.1) is 0 Å². The third kappa shape index (κ3) is 10.2. The number of fused-ring (bicyclic) bond motifs is 4. The van der Waals surface area contributed by atoms with E-state index >= 15 is 0 Å². The van der Waals surface area contributed by atoms with Gasteiger partial charge in [0.15, 0.2) is 0 Å². The molecule has 4 aliphatic heterocycles. The zero-order valence-electron chi connectivity index (χ0n) is 37.3. The number of rotatable bonds is 0. The second-order valence-corrected chi connectivity index (χ2v) is 18.2. The van der Waals surface area contributed by atoms with E-state index in [9.17, 15) is 5.26 Å². The lowest BCUT2D eigenvalue weighted by atomic mass is 9.95. The van der Waals surface area contributed by atoms with E-state index in [1.54, 1.807) is 32.4 Å². The van der Waals surface area contributed by atoms with Crippen LogP contribution in [0.2, 0.25) is 0 Å². The minimum absolute atomic E-state index is 0. The average molecular weight is 1050 g/mol. The summed E-state index contributed by atoms with van der Waals surface area (Å²) in [5.74, 6) is 1.92. The van der Waals surface area contributed by atoms with Crippen molar-refractivity contribution in [2.24, 2.45) is 28.2 Å². The first-order valence-corrected chi connectivity index (χ1v) is 21.9. The van der Waals surface area contributed by atoms with Gasteiger partial charge in [0.2, 0.25) is 0 Å². The molecule has 4 aromatic heterocycles. The molecule has 0 atom stereocenters. The van der Waals surface area contributed by atoms with Crippen LogP contribution in [0.15, 0.2) is 0 Å². The molecule has 4 aromatic rings. The maximum atomic E-state index is 9.24. The molecule has 8 heterocycles. The summed E-state index contributed by atoms with van der Waals surface area (Å²) in [5.41, 5.74) is 34.4. The Bertz CT molecular complexity index is 2840. The minimum Gasteiger partial charge on any atom is -1.00 e. The molecule has 0 bridgehead atoms. The molecule has 0 aromatic carbocycles. The predicted molar refractivity (Wildman–Crippen MR) is 257 cm³/mol. The lowest BCUT2D eigenvalue weighted by Gasteiger charge is -2.35. The lowest BCUT2D eigenvalue weighted by molar-refractivity contribution is -0.905. The number of hydrogen-bond acceptors (Lipinski definition) is 15. The van der Waals surface area contributed by atoms with Gasteiger partial charge in [0.1, 0.15) is 72.7 Å². The molecular weight excluding hydrogens is 996 g/mol. The van der Waals surface area contributed by atoms with E-state index in [0.29, 0.717) is 45.5 Å². The fraction of sp³-hybridized carbons (Fsp3) is 0.442. The third-order valence-electron chi connectivity index (χ3n) is 12.3. The highest BCUT2D eigenvalue weighted by Crippen LogP contribution is 2.30. The maximum Gasteiger partial charge on any atom is 0.122 e. The van der Waals surface area contributed by atoms with Crippen molar-refractivity contribution >= 4 is 72.1 Å². The molecule has 64 heavy (non-hydrogen) atoms. The van der Waals surface area contributed by atoms with Crippen molar-refractivity contribution in [2.75, 3.05) is 70.3 Å². The van der Waals surface area contributed by atoms with Gasteiger partial charge in [-0.1, -0.05) is 48.9 Å². The van der Waals surface area contributed by atoms with E-state index < -0.39 is 0 Å². The Balaban J connectivity index is 0.000000186. The highest BCUT2D eigenvalue weighted by atomic mass is 127. The van der Waals surface area contributed by atoms with E-state index in [0.717, 1.165) is 146 Å². The zero-order chi connectivity index (χ0) is 46.7. The number of aromatic nitrogens is 4. The number of nitriles is 4. The molecule has 338 valence electrons. The van der Waals surface area contributed by atoms with Gasteiger partial charge in [-0.2, -0.15) is 21.0 Å². The Kier molecular flexibility index (Phi) is 17.4. The number of nitrogens with zero attached hydrogens (tertiary/aromatic N) is 10. The molecule has 0 fully saturated rings. The van der Waals surface area contributed by atoms with E-state index in [4.69, 9.17) is 87.6 Å². The number of likely N-dealkylation sites (N-methyl/N-ethyl adjacent to an activating group) is 2. The fourth-order valence-corrected chi connectivity index (χ4v) is 9.54. The summed E-state index contributed by atoms with van der Waals surface area (Å²) in [5, 5.41) is 43.1. The molecular formula is C43H55IN16S4. The third-order valence-corrected chi connectivity index (χ3v) is 14.3. The van der Waals surface area contributed by atoms with Crippen LogP contribution in [0.1, 0.15) is 66.8 Å². The Hall–Kier alpha value is -4.79. The quantitative estimate of drug-likeness (QED) is 0.0825. The molecule has 10 N–H and O–H groups in total. The van der Waals surface area contributed by atoms with Gasteiger partial charge in [0.25, 0.3) is 0 Å². The van der Waals surface area contributed by atoms with Crippen LogP contribution in [0.25, 0.3) is 0 Å². The van der Waals surface area contributed by atoms with Gasteiger partial charge in [-0.25, -0.2) is 0 Å². The van der Waals surface area contributed by atoms with Gasteiger partial charge in [-0.3, -0.25) is 0 Å². The second kappa shape index (κ2) is 21.5. The van der Waals surface area contributed by atoms with Crippen LogP contribution in [0.5, 0.6) is 0 Å². The first-order chi connectivity index (χ1) is 29.8. The van der Waals surface area contributed by atoms with E-state index in [2.05, 4.69) is 61.0 Å². The van der Waals surface area contributed by atoms with Crippen LogP contribution < -0.4 is 57.5 Å². The molecule has 0 radical (unpaired) electrons. The number of nitrogen functional groups attached to an aromatic ring is 4. The van der Waals surface area contributed by atoms with Crippen molar-refractivity contribution in [3.05, 3.63) is 85.3 Å². The first kappa shape index (κ1) is 51.8. The monoisotopic (exact) mass is 1050 g/mol. The SMILES string of the molecule is CN1CCc2c(C#N)c(N)n(C)c(=S)c2C1.Cn1c(N)c(C#N)c2c(c1=S)CNCC2.Cn1c(N)c(C#N)c2c(c1=S)CNCC2.Cn1c(N)c(C#N)c2c(c1=S)C[N+](C)(C)CC2.[I-]. The van der Waals surface area contributed by atoms with Crippen molar-refractivity contribution in [3.63, 3.8) is 0 Å². The van der Waals surface area contributed by atoms with Gasteiger partial charge < -0.3 is 85.2 Å². The molecule has 0 aliphatic carbocycles. The van der Waals surface area contributed by atoms with Crippen molar-refractivity contribution in [1.29, 1.82) is 21.0 Å². The van der Waals surface area contributed by atoms with Crippen LogP contribution in [0.4, 0.5) is 23.3 Å². The number of halogens is 1. The molecule has 0 spiro atoms. The maximum absolute atomic E-state index is 9.24. The predicted octanol–water partition coefficient (Wildman–Crippen LogP) is 1.25. The van der Waals surface area contributed by atoms with Gasteiger partial charge in [0.05, 0.1) is 42.9 Å². The number of nitrogens with two attached hydrogens (primary N) is 4. The summed E-state index contributed by atoms with van der Waals surface area (Å²) in [6.45, 7) is 6.86. The van der Waals surface area contributed by atoms with Gasteiger partial charge >= 0.3 is 0 Å². The molecule has 0 unspecified atom stereocenters. The summed E-state index contributed by atoms with van der Waals surface area (Å²) in [7, 11) is 13.7. The van der Waals surface area contributed by atoms with E-state index in [-0.39, 0.29) is 24.0 Å². The number of hydrogen-bond donors (Lipinski definition) is 6. The Morgan fingerprint density at radius 2 is 0.828 bits per heavy atom. The Morgan fingerprint density at radius 1 is 0.500 bits per heavy atom. The van der Waals surface area contributed by atoms with Gasteiger partial charge in [-0.05, 0) is 61.7 Å². The summed E-state index contributed by atoms with van der Waals surface area (Å²) in [4.78, 5) is 2.20. The largest absolute Gasteiger partial charge is 1.00 e. The summed E-state index contributed by atoms with van der Waals surface area (Å²) >= 11 is 21.4. The van der Waals surface area contributed by atoms with Crippen LogP contribution in [-0.2, 0) is 80.1 Å². The first-order valence-electron chi connectivity index (χ1n) is 20.3. The van der Waals surface area contributed by atoms with E-state index in [1.165, 1.54) is 0 Å². The van der Waals surface area contributed by atoms with E-state index in [1.807, 2.05) is 14.1 Å². The Labute approximate surface area is 412 Å². The highest BCUT2D eigenvalue weighted by molar-refractivity contribution is 7.72. The smallest absolute Gasteiger partial charge is 0.122 e. The Morgan fingerprint density at radius 3 is 1.20 bits per heavy atom. The van der Waals surface area contributed by atoms with Crippen molar-refractivity contribution in [2.45, 2.75) is 51.9 Å². The normalized spacial score (nSPS) is 15.2. The number of quaternary nitrogens is 1.